The summed E-state index contributed by atoms with van der Waals surface area (Å²) in [5.74, 6) is 0. The predicted octanol–water partition coefficient (Wildman–Crippen LogP) is 4.42. The number of fused-ring (bicyclic) bond motifs is 1. The van der Waals surface area contributed by atoms with Gasteiger partial charge in [-0.1, -0.05) is 32.4 Å². The number of aromatic nitrogens is 1. The summed E-state index contributed by atoms with van der Waals surface area (Å²) in [4.78, 5) is 0. The molecule has 1 aromatic carbocycles. The predicted molar refractivity (Wildman–Crippen MR) is 71.1 cm³/mol. The van der Waals surface area contributed by atoms with Crippen molar-refractivity contribution in [3.63, 3.8) is 0 Å². The number of aryl methyl sites for hydroxylation is 1. The van der Waals surface area contributed by atoms with Crippen molar-refractivity contribution < 1.29 is 0 Å². The number of hydrogen-bond donors (Lipinski definition) is 0. The van der Waals surface area contributed by atoms with Gasteiger partial charge in [0.05, 0.1) is 0 Å². The summed E-state index contributed by atoms with van der Waals surface area (Å²) in [5.41, 5.74) is 2.94. The summed E-state index contributed by atoms with van der Waals surface area (Å²) in [6.45, 7) is 6.78. The zero-order chi connectivity index (χ0) is 11.9. The van der Waals surface area contributed by atoms with Gasteiger partial charge in [-0.15, -0.1) is 0 Å². The molecular weight excluding hydrogens is 218 g/mol. The van der Waals surface area contributed by atoms with Gasteiger partial charge in [0.15, 0.2) is 0 Å². The van der Waals surface area contributed by atoms with Crippen LogP contribution in [0.4, 0.5) is 0 Å². The lowest BCUT2D eigenvalue weighted by molar-refractivity contribution is 0.412. The van der Waals surface area contributed by atoms with Gasteiger partial charge in [0.2, 0.25) is 0 Å². The lowest BCUT2D eigenvalue weighted by Crippen LogP contribution is -2.08. The fourth-order valence-corrected chi connectivity index (χ4v) is 2.33. The van der Waals surface area contributed by atoms with E-state index in [9.17, 15) is 0 Å². The average molecular weight is 236 g/mol. The topological polar surface area (TPSA) is 4.93 Å². The molecule has 1 nitrogen and oxygen atoms in total. The van der Waals surface area contributed by atoms with Crippen LogP contribution in [0.25, 0.3) is 10.9 Å². The third kappa shape index (κ3) is 2.25. The SMILES string of the molecule is Cn1cc(CC(C)(C)C)c2cc(Cl)ccc21. The molecule has 2 aromatic rings. The Morgan fingerprint density at radius 2 is 1.94 bits per heavy atom. The van der Waals surface area contributed by atoms with Crippen molar-refractivity contribution in [3.8, 4) is 0 Å². The summed E-state index contributed by atoms with van der Waals surface area (Å²) in [7, 11) is 2.09. The van der Waals surface area contributed by atoms with E-state index in [1.807, 2.05) is 6.07 Å². The highest BCUT2D eigenvalue weighted by molar-refractivity contribution is 6.31. The minimum atomic E-state index is 0.302. The minimum absolute atomic E-state index is 0.302. The van der Waals surface area contributed by atoms with E-state index >= 15 is 0 Å². The Morgan fingerprint density at radius 3 is 2.56 bits per heavy atom. The van der Waals surface area contributed by atoms with Crippen LogP contribution in [0.1, 0.15) is 26.3 Å². The molecule has 0 aliphatic heterocycles. The first kappa shape index (κ1) is 11.5. The van der Waals surface area contributed by atoms with Crippen LogP contribution in [0.15, 0.2) is 24.4 Å². The molecule has 0 radical (unpaired) electrons. The summed E-state index contributed by atoms with van der Waals surface area (Å²) < 4.78 is 2.17. The van der Waals surface area contributed by atoms with E-state index in [-0.39, 0.29) is 0 Å². The molecule has 0 saturated heterocycles. The summed E-state index contributed by atoms with van der Waals surface area (Å²) in [6.07, 6.45) is 3.29. The summed E-state index contributed by atoms with van der Waals surface area (Å²) >= 11 is 6.06. The van der Waals surface area contributed by atoms with Gasteiger partial charge in [-0.2, -0.15) is 0 Å². The molecule has 0 unspecified atom stereocenters. The highest BCUT2D eigenvalue weighted by Gasteiger charge is 2.15. The number of hydrogen-bond acceptors (Lipinski definition) is 0. The molecule has 0 N–H and O–H groups in total. The van der Waals surface area contributed by atoms with Gasteiger partial charge in [-0.3, -0.25) is 0 Å². The Morgan fingerprint density at radius 1 is 1.25 bits per heavy atom. The van der Waals surface area contributed by atoms with Gasteiger partial charge in [-0.05, 0) is 35.6 Å². The molecule has 0 atom stereocenters. The number of nitrogens with zero attached hydrogens (tertiary/aromatic N) is 1. The minimum Gasteiger partial charge on any atom is -0.350 e. The second kappa shape index (κ2) is 3.81. The van der Waals surface area contributed by atoms with E-state index < -0.39 is 0 Å². The van der Waals surface area contributed by atoms with Gasteiger partial charge in [0, 0.05) is 29.2 Å². The Labute approximate surface area is 102 Å². The van der Waals surface area contributed by atoms with E-state index in [1.165, 1.54) is 16.5 Å². The zero-order valence-electron chi connectivity index (χ0n) is 10.3. The third-order valence-electron chi connectivity index (χ3n) is 2.75. The second-order valence-electron chi connectivity index (χ2n) is 5.66. The van der Waals surface area contributed by atoms with Crippen LogP contribution >= 0.6 is 11.6 Å². The monoisotopic (exact) mass is 235 g/mol. The molecule has 16 heavy (non-hydrogen) atoms. The van der Waals surface area contributed by atoms with Crippen molar-refractivity contribution >= 4 is 22.5 Å². The largest absolute Gasteiger partial charge is 0.350 e. The van der Waals surface area contributed by atoms with Crippen LogP contribution in [0.2, 0.25) is 5.02 Å². The average Bonchev–Trinajstić information content (AvgIpc) is 2.40. The normalized spacial score (nSPS) is 12.3. The first-order chi connectivity index (χ1) is 7.37. The lowest BCUT2D eigenvalue weighted by Gasteiger charge is -2.17. The zero-order valence-corrected chi connectivity index (χ0v) is 11.1. The fourth-order valence-electron chi connectivity index (χ4n) is 2.16. The maximum Gasteiger partial charge on any atom is 0.0481 e. The van der Waals surface area contributed by atoms with Crippen molar-refractivity contribution in [2.24, 2.45) is 12.5 Å². The van der Waals surface area contributed by atoms with Crippen LogP contribution in [-0.2, 0) is 13.5 Å². The van der Waals surface area contributed by atoms with Crippen LogP contribution in [0, 0.1) is 5.41 Å². The first-order valence-corrected chi connectivity index (χ1v) is 5.98. The maximum atomic E-state index is 6.06. The highest BCUT2D eigenvalue weighted by Crippen LogP contribution is 2.29. The number of halogens is 1. The molecule has 0 spiro atoms. The molecule has 1 aromatic heterocycles. The Bertz CT molecular complexity index is 517. The molecule has 0 saturated carbocycles. The maximum absolute atomic E-state index is 6.06. The van der Waals surface area contributed by atoms with Crippen molar-refractivity contribution in [1.29, 1.82) is 0 Å². The molecule has 0 amide bonds. The van der Waals surface area contributed by atoms with Gasteiger partial charge in [0.25, 0.3) is 0 Å². The van der Waals surface area contributed by atoms with E-state index in [0.29, 0.717) is 5.41 Å². The first-order valence-electron chi connectivity index (χ1n) is 5.60. The van der Waals surface area contributed by atoms with Crippen molar-refractivity contribution in [2.75, 3.05) is 0 Å². The molecule has 0 fully saturated rings. The number of benzene rings is 1. The molecule has 2 rings (SSSR count). The van der Waals surface area contributed by atoms with E-state index in [2.05, 4.69) is 50.7 Å². The molecule has 1 heterocycles. The van der Waals surface area contributed by atoms with Gasteiger partial charge >= 0.3 is 0 Å². The van der Waals surface area contributed by atoms with Gasteiger partial charge in [-0.25, -0.2) is 0 Å². The molecule has 0 aliphatic carbocycles. The Hall–Kier alpha value is -0.950. The quantitative estimate of drug-likeness (QED) is 0.690. The Balaban J connectivity index is 2.57. The Kier molecular flexibility index (Phi) is 2.75. The van der Waals surface area contributed by atoms with Crippen molar-refractivity contribution in [2.45, 2.75) is 27.2 Å². The molecule has 86 valence electrons. The summed E-state index contributed by atoms with van der Waals surface area (Å²) in [5, 5.41) is 2.10. The van der Waals surface area contributed by atoms with E-state index in [1.54, 1.807) is 0 Å². The van der Waals surface area contributed by atoms with Gasteiger partial charge in [0.1, 0.15) is 0 Å². The van der Waals surface area contributed by atoms with E-state index in [4.69, 9.17) is 11.6 Å². The van der Waals surface area contributed by atoms with E-state index in [0.717, 1.165) is 11.4 Å². The third-order valence-corrected chi connectivity index (χ3v) is 2.99. The summed E-state index contributed by atoms with van der Waals surface area (Å²) in [6, 6.07) is 6.10. The lowest BCUT2D eigenvalue weighted by atomic mass is 9.88. The molecule has 2 heteroatoms. The highest BCUT2D eigenvalue weighted by atomic mass is 35.5. The standard InChI is InChI=1S/C14H18ClN/c1-14(2,3)8-10-9-16(4)13-6-5-11(15)7-12(10)13/h5-7,9H,8H2,1-4H3. The van der Waals surface area contributed by atoms with Crippen LogP contribution in [0.3, 0.4) is 0 Å². The number of rotatable bonds is 1. The fraction of sp³-hybridized carbons (Fsp3) is 0.429. The molecule has 0 bridgehead atoms. The van der Waals surface area contributed by atoms with Crippen molar-refractivity contribution in [3.05, 3.63) is 35.0 Å². The van der Waals surface area contributed by atoms with Crippen molar-refractivity contribution in [1.82, 2.24) is 4.57 Å². The van der Waals surface area contributed by atoms with Crippen LogP contribution < -0.4 is 0 Å². The second-order valence-corrected chi connectivity index (χ2v) is 6.10. The smallest absolute Gasteiger partial charge is 0.0481 e. The van der Waals surface area contributed by atoms with Crippen LogP contribution in [-0.4, -0.2) is 4.57 Å². The van der Waals surface area contributed by atoms with Gasteiger partial charge < -0.3 is 4.57 Å². The molecule has 0 aliphatic rings. The molecular formula is C14H18ClN. The van der Waals surface area contributed by atoms with Crippen LogP contribution in [0.5, 0.6) is 0 Å².